The van der Waals surface area contributed by atoms with E-state index in [9.17, 15) is 4.79 Å². The summed E-state index contributed by atoms with van der Waals surface area (Å²) < 4.78 is 16.2. The van der Waals surface area contributed by atoms with Crippen LogP contribution in [-0.2, 0) is 4.79 Å². The third-order valence-corrected chi connectivity index (χ3v) is 7.10. The zero-order chi connectivity index (χ0) is 28.0. The number of pyridine rings is 2. The number of rotatable bonds is 5. The van der Waals surface area contributed by atoms with Gasteiger partial charge >= 0.3 is 0 Å². The van der Waals surface area contributed by atoms with Crippen LogP contribution in [0.3, 0.4) is 0 Å². The molecule has 0 bridgehead atoms. The van der Waals surface area contributed by atoms with E-state index in [0.717, 1.165) is 43.0 Å². The van der Waals surface area contributed by atoms with E-state index in [4.69, 9.17) is 4.98 Å². The fraction of sp³-hybridized carbons (Fsp3) is 0.345. The second-order valence-corrected chi connectivity index (χ2v) is 11.6. The van der Waals surface area contributed by atoms with Crippen LogP contribution in [0.1, 0.15) is 27.2 Å². The second-order valence-electron chi connectivity index (χ2n) is 11.6. The number of nitrogens with one attached hydrogen (secondary N) is 3. The van der Waals surface area contributed by atoms with E-state index >= 15 is 4.39 Å². The molecule has 1 amide bonds. The Morgan fingerprint density at radius 3 is 2.67 bits per heavy atom. The topological polar surface area (TPSA) is 119 Å². The van der Waals surface area contributed by atoms with Crippen LogP contribution in [0.2, 0.25) is 0 Å². The highest BCUT2D eigenvalue weighted by Gasteiger charge is 2.23. The molecule has 10 nitrogen and oxygen atoms in total. The van der Waals surface area contributed by atoms with Gasteiger partial charge in [-0.15, -0.1) is 0 Å². The van der Waals surface area contributed by atoms with Gasteiger partial charge in [-0.25, -0.2) is 14.4 Å². The molecule has 5 aromatic rings. The maximum absolute atomic E-state index is 16.2. The third-order valence-electron chi connectivity index (χ3n) is 7.10. The molecule has 1 aliphatic rings. The molecule has 0 aliphatic carbocycles. The fourth-order valence-electron chi connectivity index (χ4n) is 5.09. The number of halogens is 1. The Morgan fingerprint density at radius 2 is 1.90 bits per heavy atom. The standard InChI is InChI=1S/C29H32FN9O/c1-29(2,3)14-22(40)33-18-13-17(15-31-16-18)19-5-6-20-23(24(19)30)26(37-36-20)27-34-21-7-8-32-28(25(21)35-27)39-11-9-38(4)10-12-39/h5-8,13,15-16H,9-12,14H2,1-4H3,(H,33,40)(H,34,35)(H,36,37). The first-order valence-corrected chi connectivity index (χ1v) is 13.4. The number of carbonyl (C=O) groups is 1. The highest BCUT2D eigenvalue weighted by atomic mass is 19.1. The molecular formula is C29H32FN9O. The summed E-state index contributed by atoms with van der Waals surface area (Å²) in [6, 6.07) is 7.07. The zero-order valence-corrected chi connectivity index (χ0v) is 23.0. The number of fused-ring (bicyclic) bond motifs is 2. The van der Waals surface area contributed by atoms with Gasteiger partial charge in [-0.2, -0.15) is 5.10 Å². The minimum atomic E-state index is -0.445. The molecule has 1 fully saturated rings. The van der Waals surface area contributed by atoms with E-state index < -0.39 is 5.82 Å². The summed E-state index contributed by atoms with van der Waals surface area (Å²) in [7, 11) is 2.11. The summed E-state index contributed by atoms with van der Waals surface area (Å²) in [6.07, 6.45) is 5.27. The second kappa shape index (κ2) is 9.98. The van der Waals surface area contributed by atoms with Crippen LogP contribution in [0.15, 0.2) is 42.9 Å². The molecule has 206 valence electrons. The number of piperazine rings is 1. The minimum Gasteiger partial charge on any atom is -0.352 e. The van der Waals surface area contributed by atoms with Gasteiger partial charge in [-0.05, 0) is 36.7 Å². The molecule has 3 N–H and O–H groups in total. The van der Waals surface area contributed by atoms with Crippen molar-refractivity contribution in [3.63, 3.8) is 0 Å². The molecule has 1 saturated heterocycles. The van der Waals surface area contributed by atoms with E-state index in [1.165, 1.54) is 0 Å². The van der Waals surface area contributed by atoms with Crippen molar-refractivity contribution in [2.75, 3.05) is 43.4 Å². The first-order chi connectivity index (χ1) is 19.2. The lowest BCUT2D eigenvalue weighted by Crippen LogP contribution is -2.44. The van der Waals surface area contributed by atoms with Crippen LogP contribution in [0.5, 0.6) is 0 Å². The van der Waals surface area contributed by atoms with Gasteiger partial charge in [0.25, 0.3) is 0 Å². The summed E-state index contributed by atoms with van der Waals surface area (Å²) in [6.45, 7) is 9.61. The van der Waals surface area contributed by atoms with Gasteiger partial charge < -0.3 is 20.1 Å². The van der Waals surface area contributed by atoms with Crippen LogP contribution in [0.25, 0.3) is 44.6 Å². The number of benzene rings is 1. The van der Waals surface area contributed by atoms with E-state index in [1.54, 1.807) is 36.8 Å². The summed E-state index contributed by atoms with van der Waals surface area (Å²) >= 11 is 0. The number of hydrogen-bond donors (Lipinski definition) is 3. The molecule has 0 unspecified atom stereocenters. The largest absolute Gasteiger partial charge is 0.352 e. The van der Waals surface area contributed by atoms with Crippen molar-refractivity contribution in [3.05, 3.63) is 48.7 Å². The number of H-pyrrole nitrogens is 2. The molecule has 0 atom stereocenters. The Balaban J connectivity index is 1.36. The molecule has 4 aromatic heterocycles. The average Bonchev–Trinajstić information content (AvgIpc) is 3.53. The number of imidazole rings is 1. The summed E-state index contributed by atoms with van der Waals surface area (Å²) in [5.41, 5.74) is 3.75. The SMILES string of the molecule is CN1CCN(c2nccc3[nH]c(-c4n[nH]c5ccc(-c6cncc(NC(=O)CC(C)(C)C)c6)c(F)c45)nc23)CC1. The maximum atomic E-state index is 16.2. The van der Waals surface area contributed by atoms with Crippen LogP contribution < -0.4 is 10.2 Å². The lowest BCUT2D eigenvalue weighted by atomic mass is 9.92. The molecular weight excluding hydrogens is 509 g/mol. The molecule has 1 aromatic carbocycles. The summed E-state index contributed by atoms with van der Waals surface area (Å²) in [5.74, 6) is 0.710. The maximum Gasteiger partial charge on any atom is 0.224 e. The van der Waals surface area contributed by atoms with Crippen molar-refractivity contribution in [2.45, 2.75) is 27.2 Å². The Morgan fingerprint density at radius 1 is 1.10 bits per heavy atom. The Hall–Kier alpha value is -4.38. The smallest absolute Gasteiger partial charge is 0.224 e. The first-order valence-electron chi connectivity index (χ1n) is 13.4. The van der Waals surface area contributed by atoms with Crippen molar-refractivity contribution in [2.24, 2.45) is 5.41 Å². The fourth-order valence-corrected chi connectivity index (χ4v) is 5.09. The summed E-state index contributed by atoms with van der Waals surface area (Å²) in [4.78, 5) is 34.0. The summed E-state index contributed by atoms with van der Waals surface area (Å²) in [5, 5.41) is 10.6. The predicted octanol–water partition coefficient (Wildman–Crippen LogP) is 4.83. The number of nitrogens with zero attached hydrogens (tertiary/aromatic N) is 6. The monoisotopic (exact) mass is 541 g/mol. The van der Waals surface area contributed by atoms with Gasteiger partial charge in [0, 0.05) is 56.1 Å². The quantitative estimate of drug-likeness (QED) is 0.292. The number of likely N-dealkylation sites (N-methyl/N-ethyl adjacent to an activating group) is 1. The molecule has 40 heavy (non-hydrogen) atoms. The Labute approximate surface area is 231 Å². The average molecular weight is 542 g/mol. The minimum absolute atomic E-state index is 0.116. The number of anilines is 2. The van der Waals surface area contributed by atoms with Gasteiger partial charge in [-0.3, -0.25) is 14.9 Å². The van der Waals surface area contributed by atoms with Gasteiger partial charge in [0.05, 0.1) is 28.3 Å². The van der Waals surface area contributed by atoms with Crippen molar-refractivity contribution >= 4 is 39.3 Å². The number of hydrogen-bond acceptors (Lipinski definition) is 7. The van der Waals surface area contributed by atoms with Crippen molar-refractivity contribution < 1.29 is 9.18 Å². The van der Waals surface area contributed by atoms with Gasteiger partial charge in [0.15, 0.2) is 11.6 Å². The molecule has 1 aliphatic heterocycles. The lowest BCUT2D eigenvalue weighted by Gasteiger charge is -2.33. The Bertz CT molecular complexity index is 1710. The molecule has 6 rings (SSSR count). The highest BCUT2D eigenvalue weighted by molar-refractivity contribution is 5.98. The highest BCUT2D eigenvalue weighted by Crippen LogP contribution is 2.35. The van der Waals surface area contributed by atoms with Gasteiger partial charge in [0.2, 0.25) is 5.91 Å². The van der Waals surface area contributed by atoms with E-state index in [1.807, 2.05) is 26.8 Å². The van der Waals surface area contributed by atoms with Crippen LogP contribution in [0, 0.1) is 11.2 Å². The number of aromatic amines is 2. The number of aromatic nitrogens is 6. The number of amides is 1. The normalized spacial score (nSPS) is 14.8. The van der Waals surface area contributed by atoms with Crippen molar-refractivity contribution in [3.8, 4) is 22.6 Å². The van der Waals surface area contributed by atoms with E-state index in [2.05, 4.69) is 47.3 Å². The third kappa shape index (κ3) is 5.00. The molecule has 0 saturated carbocycles. The van der Waals surface area contributed by atoms with Crippen LogP contribution in [0.4, 0.5) is 15.9 Å². The van der Waals surface area contributed by atoms with Gasteiger partial charge in [-0.1, -0.05) is 20.8 Å². The van der Waals surface area contributed by atoms with Crippen molar-refractivity contribution in [1.82, 2.24) is 35.0 Å². The predicted molar refractivity (Wildman–Crippen MR) is 155 cm³/mol. The Kier molecular flexibility index (Phi) is 6.46. The molecule has 5 heterocycles. The van der Waals surface area contributed by atoms with E-state index in [0.29, 0.717) is 45.7 Å². The van der Waals surface area contributed by atoms with Gasteiger partial charge in [0.1, 0.15) is 17.0 Å². The molecule has 0 spiro atoms. The molecule has 11 heteroatoms. The van der Waals surface area contributed by atoms with E-state index in [-0.39, 0.29) is 11.3 Å². The first kappa shape index (κ1) is 25.9. The zero-order valence-electron chi connectivity index (χ0n) is 23.0. The number of carbonyl (C=O) groups excluding carboxylic acids is 1. The van der Waals surface area contributed by atoms with Crippen molar-refractivity contribution in [1.29, 1.82) is 0 Å². The van der Waals surface area contributed by atoms with Crippen LogP contribution in [-0.4, -0.2) is 74.2 Å². The van der Waals surface area contributed by atoms with Crippen LogP contribution >= 0.6 is 0 Å². The molecule has 0 radical (unpaired) electrons. The lowest BCUT2D eigenvalue weighted by molar-refractivity contribution is -0.117.